The van der Waals surface area contributed by atoms with Gasteiger partial charge in [0.05, 0.1) is 10.2 Å². The predicted octanol–water partition coefficient (Wildman–Crippen LogP) is 1.98. The monoisotopic (exact) mass is 310 g/mol. The molecule has 13 heavy (non-hydrogen) atoms. The van der Waals surface area contributed by atoms with Crippen molar-refractivity contribution in [2.45, 2.75) is 12.5 Å². The Labute approximate surface area is 94.2 Å². The molecule has 0 atom stereocenters. The van der Waals surface area contributed by atoms with E-state index < -0.39 is 0 Å². The quantitative estimate of drug-likeness (QED) is 0.469. The van der Waals surface area contributed by atoms with Crippen molar-refractivity contribution in [2.75, 3.05) is 6.61 Å². The molecular weight excluding hydrogens is 298 g/mol. The van der Waals surface area contributed by atoms with Crippen molar-refractivity contribution in [3.05, 3.63) is 27.6 Å². The topological polar surface area (TPSA) is 9.23 Å². The van der Waals surface area contributed by atoms with E-state index in [1.54, 1.807) is 12.1 Å². The smallest absolute Gasteiger partial charge is 0.136 e. The van der Waals surface area contributed by atoms with Crippen LogP contribution in [-0.2, 0) is 0 Å². The van der Waals surface area contributed by atoms with E-state index in [-0.39, 0.29) is 5.82 Å². The lowest BCUT2D eigenvalue weighted by Crippen LogP contribution is -1.97. The summed E-state index contributed by atoms with van der Waals surface area (Å²) in [6.07, 6.45) is 1.10. The summed E-state index contributed by atoms with van der Waals surface area (Å²) in [5.41, 5.74) is 0. The second kappa shape index (κ2) is 5.59. The lowest BCUT2D eigenvalue weighted by Gasteiger charge is -2.05. The average molecular weight is 310 g/mol. The molecule has 0 saturated heterocycles. The first-order chi connectivity index (χ1) is 6.24. The second-order valence-corrected chi connectivity index (χ2v) is 4.94. The van der Waals surface area contributed by atoms with E-state index in [1.807, 2.05) is 22.6 Å². The summed E-state index contributed by atoms with van der Waals surface area (Å²) in [5.74, 6) is 0.580. The molecule has 0 fully saturated rings. The number of rotatable bonds is 4. The van der Waals surface area contributed by atoms with Gasteiger partial charge in [0.25, 0.3) is 0 Å². The number of hydrogen-bond donors (Lipinski definition) is 0. The van der Waals surface area contributed by atoms with E-state index >= 15 is 0 Å². The number of benzene rings is 1. The number of hydrogen-bond acceptors (Lipinski definition) is 1. The van der Waals surface area contributed by atoms with Crippen molar-refractivity contribution in [1.82, 2.24) is 0 Å². The normalized spacial score (nSPS) is 10.3. The van der Waals surface area contributed by atoms with Crippen LogP contribution in [0.5, 0.6) is 5.75 Å². The first-order valence-corrected chi connectivity index (χ1v) is 6.81. The van der Waals surface area contributed by atoms with Gasteiger partial charge in [-0.1, -0.05) is 6.04 Å². The Hall–Kier alpha value is -0.103. The molecule has 0 unspecified atom stereocenters. The summed E-state index contributed by atoms with van der Waals surface area (Å²) < 4.78 is 18.9. The molecule has 0 N–H and O–H groups in total. The van der Waals surface area contributed by atoms with Crippen molar-refractivity contribution in [2.24, 2.45) is 0 Å². The maximum absolute atomic E-state index is 12.8. The number of halogens is 2. The first-order valence-electron chi connectivity index (χ1n) is 4.32. The summed E-state index contributed by atoms with van der Waals surface area (Å²) in [6, 6.07) is 6.09. The third kappa shape index (κ3) is 3.64. The van der Waals surface area contributed by atoms with Crippen LogP contribution in [-0.4, -0.2) is 16.8 Å². The Morgan fingerprint density at radius 2 is 2.23 bits per heavy atom. The summed E-state index contributed by atoms with van der Waals surface area (Å²) in [4.78, 5) is 0. The lowest BCUT2D eigenvalue weighted by atomic mass is 10.3. The molecular formula is C9H12FIOSi. The molecule has 72 valence electrons. The van der Waals surface area contributed by atoms with Crippen molar-refractivity contribution in [3.63, 3.8) is 0 Å². The van der Waals surface area contributed by atoms with Crippen LogP contribution in [0.1, 0.15) is 6.42 Å². The van der Waals surface area contributed by atoms with Gasteiger partial charge < -0.3 is 4.74 Å². The molecule has 4 heteroatoms. The van der Waals surface area contributed by atoms with Gasteiger partial charge in [-0.05, 0) is 47.2 Å². The molecule has 0 aromatic heterocycles. The summed E-state index contributed by atoms with van der Waals surface area (Å²) in [6.45, 7) is 0.741. The molecule has 1 nitrogen and oxygen atoms in total. The van der Waals surface area contributed by atoms with Crippen molar-refractivity contribution in [1.29, 1.82) is 0 Å². The van der Waals surface area contributed by atoms with Gasteiger partial charge >= 0.3 is 0 Å². The van der Waals surface area contributed by atoms with Crippen LogP contribution in [0.3, 0.4) is 0 Å². The largest absolute Gasteiger partial charge is 0.494 e. The SMILES string of the molecule is Fc1ccc(OCCC[SiH3])cc1I. The van der Waals surface area contributed by atoms with E-state index in [0.717, 1.165) is 18.8 Å². The molecule has 0 saturated carbocycles. The molecule has 1 aromatic rings. The minimum Gasteiger partial charge on any atom is -0.494 e. The van der Waals surface area contributed by atoms with Crippen molar-refractivity contribution >= 4 is 32.8 Å². The Balaban J connectivity index is 2.53. The molecule has 0 aliphatic rings. The molecule has 0 amide bonds. The summed E-state index contributed by atoms with van der Waals surface area (Å²) >= 11 is 1.96. The molecule has 1 rings (SSSR count). The Morgan fingerprint density at radius 3 is 2.85 bits per heavy atom. The summed E-state index contributed by atoms with van der Waals surface area (Å²) in [5, 5.41) is 0. The van der Waals surface area contributed by atoms with Crippen LogP contribution >= 0.6 is 22.6 Å². The van der Waals surface area contributed by atoms with Gasteiger partial charge in [0, 0.05) is 10.2 Å². The third-order valence-corrected chi connectivity index (χ3v) is 3.19. The third-order valence-electron chi connectivity index (χ3n) is 1.66. The fourth-order valence-electron chi connectivity index (χ4n) is 0.901. The highest BCUT2D eigenvalue weighted by Gasteiger charge is 2.00. The van der Waals surface area contributed by atoms with E-state index in [0.29, 0.717) is 3.57 Å². The van der Waals surface area contributed by atoms with Crippen LogP contribution in [0.15, 0.2) is 18.2 Å². The standard InChI is InChI=1S/C9H12FIOSi/c10-8-3-2-7(6-9(8)11)12-4-1-5-13/h2-3,6H,1,4-5H2,13H3. The fourth-order valence-corrected chi connectivity index (χ4v) is 1.68. The Morgan fingerprint density at radius 1 is 1.46 bits per heavy atom. The highest BCUT2D eigenvalue weighted by molar-refractivity contribution is 14.1. The Kier molecular flexibility index (Phi) is 4.72. The molecule has 0 radical (unpaired) electrons. The van der Waals surface area contributed by atoms with Gasteiger partial charge in [-0.2, -0.15) is 0 Å². The minimum absolute atomic E-state index is 0.184. The van der Waals surface area contributed by atoms with E-state index in [2.05, 4.69) is 0 Å². The maximum atomic E-state index is 12.8. The lowest BCUT2D eigenvalue weighted by molar-refractivity contribution is 0.316. The van der Waals surface area contributed by atoms with Crippen LogP contribution in [0, 0.1) is 9.39 Å². The molecule has 0 heterocycles. The van der Waals surface area contributed by atoms with Crippen molar-refractivity contribution < 1.29 is 9.13 Å². The minimum atomic E-state index is -0.184. The van der Waals surface area contributed by atoms with Crippen LogP contribution in [0.2, 0.25) is 6.04 Å². The van der Waals surface area contributed by atoms with Crippen molar-refractivity contribution in [3.8, 4) is 5.75 Å². The molecule has 0 aliphatic carbocycles. The molecule has 0 aliphatic heterocycles. The van der Waals surface area contributed by atoms with Gasteiger partial charge in [-0.15, -0.1) is 0 Å². The Bertz CT molecular complexity index is 280. The van der Waals surface area contributed by atoms with E-state index in [1.165, 1.54) is 22.4 Å². The van der Waals surface area contributed by atoms with Crippen LogP contribution in [0.4, 0.5) is 4.39 Å². The highest BCUT2D eigenvalue weighted by Crippen LogP contribution is 2.18. The van der Waals surface area contributed by atoms with Gasteiger partial charge in [-0.3, -0.25) is 0 Å². The predicted molar refractivity (Wildman–Crippen MR) is 64.0 cm³/mol. The average Bonchev–Trinajstić information content (AvgIpc) is 2.12. The first kappa shape index (κ1) is 11.0. The second-order valence-electron chi connectivity index (χ2n) is 2.78. The summed E-state index contributed by atoms with van der Waals surface area (Å²) in [7, 11) is 1.22. The van der Waals surface area contributed by atoms with E-state index in [9.17, 15) is 4.39 Å². The number of ether oxygens (including phenoxy) is 1. The van der Waals surface area contributed by atoms with Crippen LogP contribution in [0.25, 0.3) is 0 Å². The van der Waals surface area contributed by atoms with Gasteiger partial charge in [0.2, 0.25) is 0 Å². The van der Waals surface area contributed by atoms with E-state index in [4.69, 9.17) is 4.74 Å². The maximum Gasteiger partial charge on any atom is 0.136 e. The molecule has 1 aromatic carbocycles. The molecule has 0 spiro atoms. The van der Waals surface area contributed by atoms with Gasteiger partial charge in [-0.25, -0.2) is 4.39 Å². The van der Waals surface area contributed by atoms with Gasteiger partial charge in [0.15, 0.2) is 0 Å². The fraction of sp³-hybridized carbons (Fsp3) is 0.333. The zero-order valence-electron chi connectivity index (χ0n) is 7.52. The van der Waals surface area contributed by atoms with Gasteiger partial charge in [0.1, 0.15) is 11.6 Å². The zero-order valence-corrected chi connectivity index (χ0v) is 11.7. The van der Waals surface area contributed by atoms with Crippen LogP contribution < -0.4 is 4.74 Å². The zero-order chi connectivity index (χ0) is 9.68. The molecule has 0 bridgehead atoms. The highest BCUT2D eigenvalue weighted by atomic mass is 127.